The molecule has 0 aliphatic heterocycles. The molecule has 0 atom stereocenters. The van der Waals surface area contributed by atoms with Crippen molar-refractivity contribution in [2.24, 2.45) is 0 Å². The van der Waals surface area contributed by atoms with Gasteiger partial charge in [0.25, 0.3) is 5.56 Å². The molecule has 0 fully saturated rings. The van der Waals surface area contributed by atoms with Gasteiger partial charge in [-0.1, -0.05) is 25.1 Å². The number of H-pyrrole nitrogens is 1. The fraction of sp³-hybridized carbons (Fsp3) is 0.429. The van der Waals surface area contributed by atoms with Gasteiger partial charge in [0.1, 0.15) is 5.52 Å². The van der Waals surface area contributed by atoms with Crippen LogP contribution in [-0.4, -0.2) is 63.7 Å². The highest BCUT2D eigenvalue weighted by Gasteiger charge is 2.17. The van der Waals surface area contributed by atoms with Gasteiger partial charge < -0.3 is 14.4 Å². The number of hydrogen-bond acceptors (Lipinski definition) is 7. The molecule has 0 bridgehead atoms. The average molecular weight is 446 g/mol. The second-order valence-electron chi connectivity index (χ2n) is 6.85. The number of aromatic amines is 1. The Balaban J connectivity index is 1.88. The van der Waals surface area contributed by atoms with Crippen molar-refractivity contribution in [1.29, 1.82) is 0 Å². The Bertz CT molecular complexity index is 1110. The zero-order valence-corrected chi connectivity index (χ0v) is 19.0. The number of benzene rings is 1. The van der Waals surface area contributed by atoms with Crippen molar-refractivity contribution in [2.75, 3.05) is 33.1 Å². The molecule has 3 rings (SSSR count). The molecule has 166 valence electrons. The van der Waals surface area contributed by atoms with Crippen LogP contribution in [0, 0.1) is 0 Å². The van der Waals surface area contributed by atoms with Crippen LogP contribution in [0.15, 0.2) is 34.2 Å². The first-order valence-electron chi connectivity index (χ1n) is 10.1. The van der Waals surface area contributed by atoms with Gasteiger partial charge in [0, 0.05) is 18.7 Å². The number of fused-ring (bicyclic) bond motifs is 1. The van der Waals surface area contributed by atoms with Crippen LogP contribution in [0.3, 0.4) is 0 Å². The standard InChI is InChI=1S/C21H27N5O4S/c1-5-7-10-25(6-2)19(27)13-31-21-23-22-20(28)16-12-15(24-26(16)21)14-8-9-17(29-3)18(11-14)30-4/h8-9,11-12H,5-7,10,13H2,1-4H3,(H,22,28). The molecule has 1 aromatic carbocycles. The quantitative estimate of drug-likeness (QED) is 0.479. The highest BCUT2D eigenvalue weighted by Crippen LogP contribution is 2.32. The number of rotatable bonds is 10. The minimum absolute atomic E-state index is 0.0365. The third-order valence-electron chi connectivity index (χ3n) is 4.90. The van der Waals surface area contributed by atoms with Crippen LogP contribution in [0.4, 0.5) is 0 Å². The van der Waals surface area contributed by atoms with Crippen molar-refractivity contribution in [3.63, 3.8) is 0 Å². The van der Waals surface area contributed by atoms with Crippen LogP contribution < -0.4 is 15.0 Å². The van der Waals surface area contributed by atoms with E-state index in [0.29, 0.717) is 34.4 Å². The lowest BCUT2D eigenvalue weighted by Gasteiger charge is -2.20. The van der Waals surface area contributed by atoms with E-state index in [4.69, 9.17) is 9.47 Å². The molecule has 9 nitrogen and oxygen atoms in total. The number of methoxy groups -OCH3 is 2. The van der Waals surface area contributed by atoms with Gasteiger partial charge >= 0.3 is 0 Å². The first-order valence-corrected chi connectivity index (χ1v) is 11.1. The minimum atomic E-state index is -0.354. The smallest absolute Gasteiger partial charge is 0.290 e. The molecule has 2 aromatic heterocycles. The Labute approximate surface area is 184 Å². The maximum atomic E-state index is 12.6. The van der Waals surface area contributed by atoms with Crippen LogP contribution in [0.1, 0.15) is 26.7 Å². The number of unbranched alkanes of at least 4 members (excludes halogenated alkanes) is 1. The van der Waals surface area contributed by atoms with E-state index in [1.165, 1.54) is 16.3 Å². The van der Waals surface area contributed by atoms with E-state index >= 15 is 0 Å². The number of ether oxygens (including phenoxy) is 2. The third-order valence-corrected chi connectivity index (χ3v) is 5.81. The molecule has 0 aliphatic rings. The summed E-state index contributed by atoms with van der Waals surface area (Å²) in [6.45, 7) is 5.48. The van der Waals surface area contributed by atoms with Gasteiger partial charge in [-0.25, -0.2) is 9.61 Å². The predicted molar refractivity (Wildman–Crippen MR) is 120 cm³/mol. The Morgan fingerprint density at radius 3 is 2.65 bits per heavy atom. The lowest BCUT2D eigenvalue weighted by atomic mass is 10.1. The Morgan fingerprint density at radius 2 is 1.97 bits per heavy atom. The Morgan fingerprint density at radius 1 is 1.19 bits per heavy atom. The highest BCUT2D eigenvalue weighted by atomic mass is 32.2. The first-order chi connectivity index (χ1) is 15.0. The van der Waals surface area contributed by atoms with Crippen molar-refractivity contribution in [3.05, 3.63) is 34.6 Å². The zero-order valence-electron chi connectivity index (χ0n) is 18.2. The number of carbonyl (C=O) groups is 1. The molecular formula is C21H27N5O4S. The van der Waals surface area contributed by atoms with Crippen molar-refractivity contribution in [2.45, 2.75) is 31.8 Å². The van der Waals surface area contributed by atoms with Crippen LogP contribution in [-0.2, 0) is 4.79 Å². The summed E-state index contributed by atoms with van der Waals surface area (Å²) < 4.78 is 12.1. The Hall–Kier alpha value is -3.01. The highest BCUT2D eigenvalue weighted by molar-refractivity contribution is 7.99. The molecule has 1 N–H and O–H groups in total. The summed E-state index contributed by atoms with van der Waals surface area (Å²) in [4.78, 5) is 26.7. The number of amides is 1. The summed E-state index contributed by atoms with van der Waals surface area (Å²) in [5.41, 5.74) is 1.36. The maximum Gasteiger partial charge on any atom is 0.290 e. The zero-order chi connectivity index (χ0) is 22.4. The number of thioether (sulfide) groups is 1. The number of aromatic nitrogens is 4. The fourth-order valence-corrected chi connectivity index (χ4v) is 3.95. The number of nitrogens with one attached hydrogen (secondary N) is 1. The summed E-state index contributed by atoms with van der Waals surface area (Å²) in [6.07, 6.45) is 2.00. The van der Waals surface area contributed by atoms with E-state index in [1.54, 1.807) is 32.4 Å². The lowest BCUT2D eigenvalue weighted by molar-refractivity contribution is -0.128. The van der Waals surface area contributed by atoms with Crippen molar-refractivity contribution < 1.29 is 14.3 Å². The summed E-state index contributed by atoms with van der Waals surface area (Å²) in [7, 11) is 3.13. The average Bonchev–Trinajstić information content (AvgIpc) is 3.25. The number of carbonyl (C=O) groups excluding carboxylic acids is 1. The van der Waals surface area contributed by atoms with Crippen LogP contribution in [0.5, 0.6) is 11.5 Å². The molecule has 0 unspecified atom stereocenters. The van der Waals surface area contributed by atoms with Gasteiger partial charge in [-0.3, -0.25) is 9.59 Å². The second kappa shape index (κ2) is 10.3. The van der Waals surface area contributed by atoms with E-state index in [2.05, 4.69) is 22.2 Å². The molecule has 0 saturated heterocycles. The summed E-state index contributed by atoms with van der Waals surface area (Å²) >= 11 is 1.25. The van der Waals surface area contributed by atoms with Crippen LogP contribution >= 0.6 is 11.8 Å². The first kappa shape index (κ1) is 22.7. The lowest BCUT2D eigenvalue weighted by Crippen LogP contribution is -2.33. The van der Waals surface area contributed by atoms with Gasteiger partial charge in [-0.15, -0.1) is 5.10 Å². The molecule has 31 heavy (non-hydrogen) atoms. The second-order valence-corrected chi connectivity index (χ2v) is 7.79. The Kier molecular flexibility index (Phi) is 7.56. The largest absolute Gasteiger partial charge is 0.493 e. The molecule has 0 saturated carbocycles. The van der Waals surface area contributed by atoms with Gasteiger partial charge in [0.15, 0.2) is 11.5 Å². The van der Waals surface area contributed by atoms with E-state index in [-0.39, 0.29) is 17.2 Å². The van der Waals surface area contributed by atoms with Crippen molar-refractivity contribution in [1.82, 2.24) is 24.7 Å². The molecular weight excluding hydrogens is 418 g/mol. The third kappa shape index (κ3) is 5.01. The van der Waals surface area contributed by atoms with Gasteiger partial charge in [-0.2, -0.15) is 5.10 Å². The van der Waals surface area contributed by atoms with E-state index in [1.807, 2.05) is 17.9 Å². The molecule has 0 aliphatic carbocycles. The normalized spacial score (nSPS) is 11.0. The summed E-state index contributed by atoms with van der Waals surface area (Å²) in [5, 5.41) is 11.6. The van der Waals surface area contributed by atoms with Crippen LogP contribution in [0.2, 0.25) is 0 Å². The summed E-state index contributed by atoms with van der Waals surface area (Å²) in [6, 6.07) is 7.11. The van der Waals surface area contributed by atoms with Gasteiger partial charge in [0.05, 0.1) is 25.7 Å². The number of nitrogens with zero attached hydrogens (tertiary/aromatic N) is 4. The molecule has 2 heterocycles. The van der Waals surface area contributed by atoms with Gasteiger partial charge in [0.2, 0.25) is 11.1 Å². The fourth-order valence-electron chi connectivity index (χ4n) is 3.15. The van der Waals surface area contributed by atoms with E-state index < -0.39 is 0 Å². The maximum absolute atomic E-state index is 12.6. The predicted octanol–water partition coefficient (Wildman–Crippen LogP) is 2.84. The monoisotopic (exact) mass is 445 g/mol. The van der Waals surface area contributed by atoms with Crippen LogP contribution in [0.25, 0.3) is 16.8 Å². The molecule has 1 amide bonds. The van der Waals surface area contributed by atoms with E-state index in [0.717, 1.165) is 24.9 Å². The molecule has 0 spiro atoms. The SMILES string of the molecule is CCCCN(CC)C(=O)CSc1n[nH]c(=O)c2cc(-c3ccc(OC)c(OC)c3)nn12. The summed E-state index contributed by atoms with van der Waals surface area (Å²) in [5.74, 6) is 1.43. The molecule has 3 aromatic rings. The van der Waals surface area contributed by atoms with Crippen molar-refractivity contribution in [3.8, 4) is 22.8 Å². The number of hydrogen-bond donors (Lipinski definition) is 1. The minimum Gasteiger partial charge on any atom is -0.493 e. The molecule has 0 radical (unpaired) electrons. The van der Waals surface area contributed by atoms with E-state index in [9.17, 15) is 9.59 Å². The van der Waals surface area contributed by atoms with Crippen molar-refractivity contribution >= 4 is 23.2 Å². The van der Waals surface area contributed by atoms with Gasteiger partial charge in [-0.05, 0) is 37.6 Å². The topological polar surface area (TPSA) is 102 Å². The molecule has 10 heteroatoms.